The molecule has 0 amide bonds. The van der Waals surface area contributed by atoms with Gasteiger partial charge in [-0.2, -0.15) is 0 Å². The van der Waals surface area contributed by atoms with Gasteiger partial charge in [0.2, 0.25) is 0 Å². The average Bonchev–Trinajstić information content (AvgIpc) is 3.39. The first kappa shape index (κ1) is 19.3. The van der Waals surface area contributed by atoms with Gasteiger partial charge in [-0.3, -0.25) is 9.89 Å². The third-order valence-corrected chi connectivity index (χ3v) is 4.82. The average molecular weight is 370 g/mol. The molecule has 1 aromatic heterocycles. The maximum atomic E-state index is 5.75. The molecule has 146 valence electrons. The Morgan fingerprint density at radius 2 is 1.96 bits per heavy atom. The Kier molecular flexibility index (Phi) is 7.16. The van der Waals surface area contributed by atoms with E-state index in [9.17, 15) is 0 Å². The van der Waals surface area contributed by atoms with Crippen molar-refractivity contribution < 1.29 is 9.15 Å². The summed E-state index contributed by atoms with van der Waals surface area (Å²) in [5, 5.41) is 6.73. The number of aryl methyl sites for hydroxylation is 1. The molecule has 1 unspecified atom stereocenters. The second-order valence-corrected chi connectivity index (χ2v) is 6.82. The zero-order chi connectivity index (χ0) is 18.9. The van der Waals surface area contributed by atoms with E-state index in [4.69, 9.17) is 9.15 Å². The van der Waals surface area contributed by atoms with Crippen LogP contribution in [0, 0.1) is 6.92 Å². The second kappa shape index (κ2) is 10.0. The Morgan fingerprint density at radius 3 is 2.63 bits per heavy atom. The highest BCUT2D eigenvalue weighted by atomic mass is 16.5. The predicted octanol–water partition coefficient (Wildman–Crippen LogP) is 2.97. The van der Waals surface area contributed by atoms with Crippen LogP contribution >= 0.6 is 0 Å². The lowest BCUT2D eigenvalue weighted by Crippen LogP contribution is -2.43. The number of ether oxygens (including phenoxy) is 1. The molecule has 6 heteroatoms. The van der Waals surface area contributed by atoms with Gasteiger partial charge in [-0.05, 0) is 57.1 Å². The first-order valence-corrected chi connectivity index (χ1v) is 9.67. The minimum atomic E-state index is 0.227. The van der Waals surface area contributed by atoms with Crippen LogP contribution < -0.4 is 15.4 Å². The fourth-order valence-electron chi connectivity index (χ4n) is 3.33. The summed E-state index contributed by atoms with van der Waals surface area (Å²) in [6.07, 6.45) is 4.24. The van der Waals surface area contributed by atoms with E-state index in [0.717, 1.165) is 37.1 Å². The minimum absolute atomic E-state index is 0.227. The van der Waals surface area contributed by atoms with Gasteiger partial charge in [-0.15, -0.1) is 0 Å². The number of guanidine groups is 1. The number of aliphatic imine (C=N–C) groups is 1. The highest BCUT2D eigenvalue weighted by molar-refractivity contribution is 5.79. The number of hydrogen-bond acceptors (Lipinski definition) is 4. The Balaban J connectivity index is 1.44. The Labute approximate surface area is 161 Å². The summed E-state index contributed by atoms with van der Waals surface area (Å²) in [6.45, 7) is 6.32. The van der Waals surface area contributed by atoms with Gasteiger partial charge in [-0.25, -0.2) is 0 Å². The Bertz CT molecular complexity index is 691. The molecule has 0 spiro atoms. The van der Waals surface area contributed by atoms with E-state index in [-0.39, 0.29) is 6.04 Å². The van der Waals surface area contributed by atoms with Gasteiger partial charge in [0.25, 0.3) is 0 Å². The van der Waals surface area contributed by atoms with E-state index >= 15 is 0 Å². The standard InChI is InChI=1S/C21H30N4O2/c1-17-7-9-18(10-8-17)26-15-11-23-21(22-2)24-16-19(20-6-5-14-27-20)25-12-3-4-13-25/h5-10,14,19H,3-4,11-13,15-16H2,1-2H3,(H2,22,23,24). The smallest absolute Gasteiger partial charge is 0.191 e. The molecule has 3 rings (SSSR count). The monoisotopic (exact) mass is 370 g/mol. The molecule has 1 fully saturated rings. The van der Waals surface area contributed by atoms with Crippen molar-refractivity contribution in [2.45, 2.75) is 25.8 Å². The molecule has 6 nitrogen and oxygen atoms in total. The van der Waals surface area contributed by atoms with E-state index in [1.165, 1.54) is 18.4 Å². The molecule has 1 atom stereocenters. The van der Waals surface area contributed by atoms with Gasteiger partial charge in [0.1, 0.15) is 18.1 Å². The molecule has 2 aromatic rings. The highest BCUT2D eigenvalue weighted by Crippen LogP contribution is 2.24. The van der Waals surface area contributed by atoms with Crippen molar-refractivity contribution in [3.63, 3.8) is 0 Å². The normalized spacial score (nSPS) is 16.3. The molecule has 1 aliphatic rings. The van der Waals surface area contributed by atoms with Crippen molar-refractivity contribution in [1.29, 1.82) is 0 Å². The van der Waals surface area contributed by atoms with Crippen LogP contribution in [0.2, 0.25) is 0 Å². The molecule has 2 N–H and O–H groups in total. The van der Waals surface area contributed by atoms with Crippen LogP contribution in [0.15, 0.2) is 52.1 Å². The molecule has 0 bridgehead atoms. The summed E-state index contributed by atoms with van der Waals surface area (Å²) < 4.78 is 11.4. The second-order valence-electron chi connectivity index (χ2n) is 6.82. The third kappa shape index (κ3) is 5.76. The summed E-state index contributed by atoms with van der Waals surface area (Å²) in [5.74, 6) is 2.66. The van der Waals surface area contributed by atoms with Gasteiger partial charge in [-0.1, -0.05) is 17.7 Å². The lowest BCUT2D eigenvalue weighted by molar-refractivity contribution is 0.215. The minimum Gasteiger partial charge on any atom is -0.492 e. The summed E-state index contributed by atoms with van der Waals surface area (Å²) >= 11 is 0. The van der Waals surface area contributed by atoms with Crippen LogP contribution in [0.3, 0.4) is 0 Å². The molecule has 27 heavy (non-hydrogen) atoms. The van der Waals surface area contributed by atoms with Crippen molar-refractivity contribution >= 4 is 5.96 Å². The highest BCUT2D eigenvalue weighted by Gasteiger charge is 2.25. The largest absolute Gasteiger partial charge is 0.492 e. The number of rotatable bonds is 8. The topological polar surface area (TPSA) is 62.0 Å². The first-order chi connectivity index (χ1) is 13.3. The molecule has 1 aromatic carbocycles. The van der Waals surface area contributed by atoms with Gasteiger partial charge in [0.15, 0.2) is 5.96 Å². The molecule has 1 aliphatic heterocycles. The van der Waals surface area contributed by atoms with Crippen molar-refractivity contribution in [3.05, 3.63) is 54.0 Å². The Hall–Kier alpha value is -2.47. The lowest BCUT2D eigenvalue weighted by Gasteiger charge is -2.26. The van der Waals surface area contributed by atoms with Gasteiger partial charge in [0.05, 0.1) is 18.8 Å². The van der Waals surface area contributed by atoms with E-state index < -0.39 is 0 Å². The summed E-state index contributed by atoms with van der Waals surface area (Å²) in [7, 11) is 1.79. The molecule has 1 saturated heterocycles. The van der Waals surface area contributed by atoms with Gasteiger partial charge < -0.3 is 19.8 Å². The number of nitrogens with one attached hydrogen (secondary N) is 2. The predicted molar refractivity (Wildman–Crippen MR) is 108 cm³/mol. The van der Waals surface area contributed by atoms with E-state index in [2.05, 4.69) is 45.6 Å². The molecule has 0 saturated carbocycles. The maximum Gasteiger partial charge on any atom is 0.191 e. The molecule has 0 aliphatic carbocycles. The van der Waals surface area contributed by atoms with Crippen LogP contribution in [0.25, 0.3) is 0 Å². The number of hydrogen-bond donors (Lipinski definition) is 2. The van der Waals surface area contributed by atoms with Gasteiger partial charge >= 0.3 is 0 Å². The number of furan rings is 1. The summed E-state index contributed by atoms with van der Waals surface area (Å²) in [6, 6.07) is 12.3. The number of nitrogens with zero attached hydrogens (tertiary/aromatic N) is 2. The third-order valence-electron chi connectivity index (χ3n) is 4.82. The van der Waals surface area contributed by atoms with Crippen LogP contribution in [0.4, 0.5) is 0 Å². The van der Waals surface area contributed by atoms with Crippen molar-refractivity contribution in [2.24, 2.45) is 4.99 Å². The number of likely N-dealkylation sites (tertiary alicyclic amines) is 1. The molecular formula is C21H30N4O2. The fourth-order valence-corrected chi connectivity index (χ4v) is 3.33. The first-order valence-electron chi connectivity index (χ1n) is 9.67. The molecule has 2 heterocycles. The fraction of sp³-hybridized carbons (Fsp3) is 0.476. The van der Waals surface area contributed by atoms with Crippen LogP contribution in [0.1, 0.15) is 30.2 Å². The van der Waals surface area contributed by atoms with Crippen molar-refractivity contribution in [2.75, 3.05) is 39.8 Å². The van der Waals surface area contributed by atoms with Crippen LogP contribution in [0.5, 0.6) is 5.75 Å². The molecular weight excluding hydrogens is 340 g/mol. The quantitative estimate of drug-likeness (QED) is 0.425. The molecule has 0 radical (unpaired) electrons. The van der Waals surface area contributed by atoms with Crippen molar-refractivity contribution in [3.8, 4) is 5.75 Å². The van der Waals surface area contributed by atoms with Crippen LogP contribution in [-0.4, -0.2) is 50.7 Å². The maximum absolute atomic E-state index is 5.75. The zero-order valence-electron chi connectivity index (χ0n) is 16.3. The summed E-state index contributed by atoms with van der Waals surface area (Å²) in [4.78, 5) is 6.79. The van der Waals surface area contributed by atoms with E-state index in [0.29, 0.717) is 13.2 Å². The van der Waals surface area contributed by atoms with Crippen molar-refractivity contribution in [1.82, 2.24) is 15.5 Å². The summed E-state index contributed by atoms with van der Waals surface area (Å²) in [5.41, 5.74) is 1.23. The number of benzene rings is 1. The zero-order valence-corrected chi connectivity index (χ0v) is 16.3. The SMILES string of the molecule is CN=C(NCCOc1ccc(C)cc1)NCC(c1ccco1)N1CCCC1. The van der Waals surface area contributed by atoms with E-state index in [1.54, 1.807) is 13.3 Å². The lowest BCUT2D eigenvalue weighted by atomic mass is 10.2. The van der Waals surface area contributed by atoms with E-state index in [1.807, 2.05) is 18.2 Å². The van der Waals surface area contributed by atoms with Crippen LogP contribution in [-0.2, 0) is 0 Å². The van der Waals surface area contributed by atoms with Gasteiger partial charge in [0, 0.05) is 13.6 Å². The Morgan fingerprint density at radius 1 is 1.19 bits per heavy atom.